The van der Waals surface area contributed by atoms with Gasteiger partial charge in [-0.05, 0) is 25.3 Å². The zero-order valence-electron chi connectivity index (χ0n) is 24.3. The highest BCUT2D eigenvalue weighted by atomic mass is 14.9. The lowest BCUT2D eigenvalue weighted by Gasteiger charge is -2.04. The fourth-order valence-electron chi connectivity index (χ4n) is 5.35. The topological polar surface area (TPSA) is 3.88 Å². The van der Waals surface area contributed by atoms with Crippen molar-refractivity contribution < 1.29 is 4.57 Å². The first kappa shape index (κ1) is 32.2. The van der Waals surface area contributed by atoms with Gasteiger partial charge in [-0.3, -0.25) is 0 Å². The van der Waals surface area contributed by atoms with E-state index >= 15 is 0 Å². The highest BCUT2D eigenvalue weighted by molar-refractivity contribution is 5.05. The van der Waals surface area contributed by atoms with E-state index in [1.807, 2.05) is 0 Å². The zero-order valence-corrected chi connectivity index (χ0v) is 24.3. The van der Waals surface area contributed by atoms with Gasteiger partial charge in [0.05, 0.1) is 0 Å². The van der Waals surface area contributed by atoms with Gasteiger partial charge in [0.15, 0.2) is 12.4 Å². The van der Waals surface area contributed by atoms with E-state index in [-0.39, 0.29) is 0 Å². The molecule has 0 aliphatic rings. The molecule has 0 saturated carbocycles. The van der Waals surface area contributed by atoms with Crippen molar-refractivity contribution in [3.05, 3.63) is 30.1 Å². The molecule has 0 radical (unpaired) electrons. The monoisotopic (exact) mass is 487 g/mol. The third-order valence-electron chi connectivity index (χ3n) is 7.76. The van der Waals surface area contributed by atoms with Crippen molar-refractivity contribution in [3.8, 4) is 0 Å². The lowest BCUT2D eigenvalue weighted by Crippen LogP contribution is -2.33. The van der Waals surface area contributed by atoms with Gasteiger partial charge in [0, 0.05) is 18.1 Å². The Morgan fingerprint density at radius 3 is 1.26 bits per heavy atom. The molecular formula is C34H64N+. The van der Waals surface area contributed by atoms with Crippen LogP contribution >= 0.6 is 0 Å². The van der Waals surface area contributed by atoms with Crippen LogP contribution in [0, 0.1) is 0 Å². The van der Waals surface area contributed by atoms with Crippen LogP contribution in [0.4, 0.5) is 0 Å². The van der Waals surface area contributed by atoms with E-state index in [4.69, 9.17) is 0 Å². The van der Waals surface area contributed by atoms with Crippen molar-refractivity contribution in [1.29, 1.82) is 0 Å². The predicted octanol–water partition coefficient (Wildman–Crippen LogP) is 11.3. The van der Waals surface area contributed by atoms with Crippen LogP contribution in [0.3, 0.4) is 0 Å². The largest absolute Gasteiger partial charge is 0.205 e. The molecule has 0 atom stereocenters. The molecular weight excluding hydrogens is 422 g/mol. The van der Waals surface area contributed by atoms with Crippen molar-refractivity contribution >= 4 is 0 Å². The van der Waals surface area contributed by atoms with Crippen LogP contribution in [-0.2, 0) is 13.0 Å². The lowest BCUT2D eigenvalue weighted by atomic mass is 10.0. The quantitative estimate of drug-likeness (QED) is 0.0859. The summed E-state index contributed by atoms with van der Waals surface area (Å²) in [6, 6.07) is 4.59. The van der Waals surface area contributed by atoms with E-state index in [9.17, 15) is 0 Å². The first-order chi connectivity index (χ1) is 17.4. The van der Waals surface area contributed by atoms with Gasteiger partial charge in [0.2, 0.25) is 0 Å². The molecule has 0 aliphatic carbocycles. The minimum Gasteiger partial charge on any atom is -0.205 e. The summed E-state index contributed by atoms with van der Waals surface area (Å²) in [5.74, 6) is 0. The molecule has 0 spiro atoms. The van der Waals surface area contributed by atoms with E-state index in [1.54, 1.807) is 0 Å². The number of unbranched alkanes of at least 4 members (excludes halogenated alkanes) is 23. The maximum Gasteiger partial charge on any atom is 0.171 e. The second-order valence-electron chi connectivity index (χ2n) is 11.3. The first-order valence-electron chi connectivity index (χ1n) is 16.3. The van der Waals surface area contributed by atoms with E-state index in [1.165, 1.54) is 179 Å². The Morgan fingerprint density at radius 1 is 0.457 bits per heavy atom. The number of pyridine rings is 1. The molecule has 1 aromatic heterocycles. The fraction of sp³-hybridized carbons (Fsp3) is 0.853. The Balaban J connectivity index is 1.89. The van der Waals surface area contributed by atoms with Crippen molar-refractivity contribution in [1.82, 2.24) is 0 Å². The molecule has 0 aliphatic heterocycles. The Bertz CT molecular complexity index is 537. The van der Waals surface area contributed by atoms with Crippen molar-refractivity contribution in [2.45, 2.75) is 187 Å². The number of aromatic nitrogens is 1. The third kappa shape index (κ3) is 22.1. The molecule has 1 rings (SSSR count). The molecule has 1 heterocycles. The summed E-state index contributed by atoms with van der Waals surface area (Å²) >= 11 is 0. The highest BCUT2D eigenvalue weighted by Crippen LogP contribution is 2.14. The van der Waals surface area contributed by atoms with Crippen LogP contribution < -0.4 is 4.57 Å². The van der Waals surface area contributed by atoms with Gasteiger partial charge in [-0.15, -0.1) is 0 Å². The predicted molar refractivity (Wildman–Crippen MR) is 157 cm³/mol. The van der Waals surface area contributed by atoms with Crippen LogP contribution in [0.2, 0.25) is 0 Å². The molecule has 1 aromatic rings. The van der Waals surface area contributed by atoms with Crippen molar-refractivity contribution in [2.24, 2.45) is 0 Å². The summed E-state index contributed by atoms with van der Waals surface area (Å²) in [7, 11) is 0. The first-order valence-corrected chi connectivity index (χ1v) is 16.3. The van der Waals surface area contributed by atoms with Gasteiger partial charge in [-0.25, -0.2) is 4.57 Å². The fourth-order valence-corrected chi connectivity index (χ4v) is 5.35. The number of hydrogen-bond donors (Lipinski definition) is 0. The summed E-state index contributed by atoms with van der Waals surface area (Å²) in [6.07, 6.45) is 41.8. The molecule has 0 unspecified atom stereocenters. The number of hydrogen-bond acceptors (Lipinski definition) is 0. The Labute approximate surface area is 221 Å². The summed E-state index contributed by atoms with van der Waals surface area (Å²) in [5.41, 5.74) is 1.54. The van der Waals surface area contributed by atoms with Gasteiger partial charge in [-0.1, -0.05) is 155 Å². The summed E-state index contributed by atoms with van der Waals surface area (Å²) in [6.45, 7) is 5.80. The molecule has 0 aromatic carbocycles. The van der Waals surface area contributed by atoms with Crippen LogP contribution in [0.5, 0.6) is 0 Å². The van der Waals surface area contributed by atoms with Crippen molar-refractivity contribution in [2.75, 3.05) is 0 Å². The number of nitrogens with zero attached hydrogens (tertiary/aromatic N) is 1. The minimum absolute atomic E-state index is 1.20. The van der Waals surface area contributed by atoms with Crippen LogP contribution in [0.15, 0.2) is 24.5 Å². The SMILES string of the molecule is CCCCCCCCCCCCCCCCC[n+]1cccc(CCCCCCCCCCCC)c1. The average molecular weight is 487 g/mol. The molecule has 0 N–H and O–H groups in total. The Morgan fingerprint density at radius 2 is 0.829 bits per heavy atom. The maximum absolute atomic E-state index is 2.44. The summed E-state index contributed by atoms with van der Waals surface area (Å²) in [4.78, 5) is 0. The third-order valence-corrected chi connectivity index (χ3v) is 7.76. The Hall–Kier alpha value is -0.850. The van der Waals surface area contributed by atoms with Gasteiger partial charge >= 0.3 is 0 Å². The normalized spacial score (nSPS) is 11.4. The van der Waals surface area contributed by atoms with E-state index in [0.29, 0.717) is 0 Å². The van der Waals surface area contributed by atoms with Gasteiger partial charge in [0.1, 0.15) is 6.54 Å². The van der Waals surface area contributed by atoms with Crippen LogP contribution in [0.1, 0.15) is 180 Å². The van der Waals surface area contributed by atoms with Gasteiger partial charge < -0.3 is 0 Å². The van der Waals surface area contributed by atoms with E-state index < -0.39 is 0 Å². The Kier molecular flexibility index (Phi) is 24.1. The molecule has 0 amide bonds. The second-order valence-corrected chi connectivity index (χ2v) is 11.3. The molecule has 35 heavy (non-hydrogen) atoms. The highest BCUT2D eigenvalue weighted by Gasteiger charge is 2.03. The van der Waals surface area contributed by atoms with Gasteiger partial charge in [0.25, 0.3) is 0 Å². The molecule has 204 valence electrons. The molecule has 0 saturated heterocycles. The number of aryl methyl sites for hydroxylation is 2. The average Bonchev–Trinajstić information content (AvgIpc) is 2.88. The maximum atomic E-state index is 2.44. The van der Waals surface area contributed by atoms with Crippen LogP contribution in [-0.4, -0.2) is 0 Å². The van der Waals surface area contributed by atoms with Crippen LogP contribution in [0.25, 0.3) is 0 Å². The van der Waals surface area contributed by atoms with Gasteiger partial charge in [-0.2, -0.15) is 0 Å². The molecule has 0 fully saturated rings. The van der Waals surface area contributed by atoms with Crippen molar-refractivity contribution in [3.63, 3.8) is 0 Å². The smallest absolute Gasteiger partial charge is 0.171 e. The molecule has 0 bridgehead atoms. The van der Waals surface area contributed by atoms with E-state index in [2.05, 4.69) is 42.9 Å². The summed E-state index contributed by atoms with van der Waals surface area (Å²) < 4.78 is 2.44. The molecule has 1 heteroatoms. The number of rotatable bonds is 27. The second kappa shape index (κ2) is 26.2. The molecule has 1 nitrogen and oxygen atoms in total. The lowest BCUT2D eigenvalue weighted by molar-refractivity contribution is -0.697. The summed E-state index contributed by atoms with van der Waals surface area (Å²) in [5, 5.41) is 0. The standard InChI is InChI=1S/C34H64N/c1-3-5-7-9-11-13-15-16-17-18-19-21-23-25-27-31-35-32-28-30-34(33-35)29-26-24-22-20-14-12-10-8-6-4-2/h28,30,32-33H,3-27,29,31H2,1-2H3/q+1. The minimum atomic E-state index is 1.20. The zero-order chi connectivity index (χ0) is 25.1. The van der Waals surface area contributed by atoms with E-state index in [0.717, 1.165) is 0 Å².